The molecule has 0 aromatic heterocycles. The average molecular weight is 317 g/mol. The third-order valence-corrected chi connectivity index (χ3v) is 4.56. The van der Waals surface area contributed by atoms with E-state index in [1.54, 1.807) is 0 Å². The predicted molar refractivity (Wildman–Crippen MR) is 75.7 cm³/mol. The molecule has 7 nitrogen and oxygen atoms in total. The number of aliphatic hydroxyl groups excluding tert-OH is 1. The molecule has 0 saturated carbocycles. The largest absolute Gasteiger partial charge is 0.482 e. The Morgan fingerprint density at radius 1 is 1.24 bits per heavy atom. The highest BCUT2D eigenvalue weighted by Gasteiger charge is 2.23. The van der Waals surface area contributed by atoms with Crippen LogP contribution in [0.25, 0.3) is 0 Å². The minimum absolute atomic E-state index is 0.0352. The van der Waals surface area contributed by atoms with Crippen LogP contribution >= 0.6 is 0 Å². The number of hydrogen-bond donors (Lipinski definition) is 2. The third-order valence-electron chi connectivity index (χ3n) is 2.65. The third kappa shape index (κ3) is 5.00. The Morgan fingerprint density at radius 2 is 1.86 bits per heavy atom. The molecule has 0 unspecified atom stereocenters. The van der Waals surface area contributed by atoms with E-state index in [2.05, 4.69) is 0 Å². The maximum Gasteiger partial charge on any atom is 0.341 e. The Bertz CT molecular complexity index is 549. The van der Waals surface area contributed by atoms with Crippen molar-refractivity contribution in [3.63, 3.8) is 0 Å². The first kappa shape index (κ1) is 17.4. The van der Waals surface area contributed by atoms with Crippen LogP contribution < -0.4 is 4.74 Å². The van der Waals surface area contributed by atoms with Gasteiger partial charge in [0.15, 0.2) is 6.61 Å². The number of sulfonamides is 1. The molecule has 118 valence electrons. The molecule has 21 heavy (non-hydrogen) atoms. The fourth-order valence-corrected chi connectivity index (χ4v) is 3.24. The summed E-state index contributed by atoms with van der Waals surface area (Å²) in [6, 6.07) is 5.51. The Hall–Kier alpha value is -1.64. The molecule has 1 rings (SSSR count). The van der Waals surface area contributed by atoms with Crippen LogP contribution in [0.2, 0.25) is 0 Å². The van der Waals surface area contributed by atoms with Crippen LogP contribution in [0.4, 0.5) is 0 Å². The molecule has 0 radical (unpaired) electrons. The fourth-order valence-electron chi connectivity index (χ4n) is 1.72. The number of carboxylic acids is 1. The number of nitrogens with zero attached hydrogens (tertiary/aromatic N) is 1. The van der Waals surface area contributed by atoms with Gasteiger partial charge in [0, 0.05) is 13.1 Å². The summed E-state index contributed by atoms with van der Waals surface area (Å²) in [5.41, 5.74) is 0. The highest BCUT2D eigenvalue weighted by atomic mass is 32.2. The summed E-state index contributed by atoms with van der Waals surface area (Å²) in [4.78, 5) is 10.5. The predicted octanol–water partition coefficient (Wildman–Crippen LogP) is 0.543. The lowest BCUT2D eigenvalue weighted by Crippen LogP contribution is -2.34. The van der Waals surface area contributed by atoms with Crippen molar-refractivity contribution >= 4 is 16.0 Å². The van der Waals surface area contributed by atoms with Crippen molar-refractivity contribution in [3.8, 4) is 5.75 Å². The van der Waals surface area contributed by atoms with Crippen molar-refractivity contribution in [2.75, 3.05) is 26.3 Å². The minimum Gasteiger partial charge on any atom is -0.482 e. The van der Waals surface area contributed by atoms with Crippen molar-refractivity contribution in [1.82, 2.24) is 4.31 Å². The van der Waals surface area contributed by atoms with Crippen LogP contribution in [0.15, 0.2) is 29.2 Å². The topological polar surface area (TPSA) is 104 Å². The molecule has 0 heterocycles. The quantitative estimate of drug-likeness (QED) is 0.689. The Morgan fingerprint density at radius 3 is 2.33 bits per heavy atom. The maximum absolute atomic E-state index is 12.4. The van der Waals surface area contributed by atoms with E-state index in [4.69, 9.17) is 14.9 Å². The SMILES string of the molecule is CCCN(CCO)S(=O)(=O)c1ccc(OCC(=O)O)cc1. The molecule has 0 aliphatic carbocycles. The van der Waals surface area contributed by atoms with E-state index in [1.807, 2.05) is 6.92 Å². The number of carbonyl (C=O) groups is 1. The van der Waals surface area contributed by atoms with Crippen molar-refractivity contribution in [3.05, 3.63) is 24.3 Å². The van der Waals surface area contributed by atoms with Crippen LogP contribution in [0.3, 0.4) is 0 Å². The van der Waals surface area contributed by atoms with Crippen molar-refractivity contribution < 1.29 is 28.2 Å². The number of benzene rings is 1. The molecule has 0 saturated heterocycles. The van der Waals surface area contributed by atoms with E-state index in [0.717, 1.165) is 0 Å². The molecule has 1 aromatic rings. The fraction of sp³-hybridized carbons (Fsp3) is 0.462. The molecule has 0 aliphatic heterocycles. The summed E-state index contributed by atoms with van der Waals surface area (Å²) in [6.07, 6.45) is 0.638. The standard InChI is InChI=1S/C13H19NO6S/c1-2-7-14(8-9-15)21(18,19)12-5-3-11(4-6-12)20-10-13(16)17/h3-6,15H,2,7-10H2,1H3,(H,16,17). The second-order valence-corrected chi connectivity index (χ2v) is 6.22. The van der Waals surface area contributed by atoms with Gasteiger partial charge in [0.05, 0.1) is 11.5 Å². The van der Waals surface area contributed by atoms with Gasteiger partial charge in [-0.15, -0.1) is 0 Å². The summed E-state index contributed by atoms with van der Waals surface area (Å²) in [6.45, 7) is 1.47. The smallest absolute Gasteiger partial charge is 0.341 e. The van der Waals surface area contributed by atoms with Gasteiger partial charge in [0.25, 0.3) is 0 Å². The molecular formula is C13H19NO6S. The van der Waals surface area contributed by atoms with E-state index < -0.39 is 22.6 Å². The normalized spacial score (nSPS) is 11.6. The molecule has 2 N–H and O–H groups in total. The molecule has 0 aliphatic rings. The zero-order chi connectivity index (χ0) is 15.9. The number of hydrogen-bond acceptors (Lipinski definition) is 5. The minimum atomic E-state index is -3.67. The first-order valence-corrected chi connectivity index (χ1v) is 7.91. The van der Waals surface area contributed by atoms with Gasteiger partial charge in [-0.05, 0) is 30.7 Å². The number of aliphatic carboxylic acids is 1. The summed E-state index contributed by atoms with van der Waals surface area (Å²) >= 11 is 0. The second-order valence-electron chi connectivity index (χ2n) is 4.28. The molecular weight excluding hydrogens is 298 g/mol. The monoisotopic (exact) mass is 317 g/mol. The molecule has 0 fully saturated rings. The second kappa shape index (κ2) is 7.96. The van der Waals surface area contributed by atoms with Crippen LogP contribution in [-0.4, -0.2) is 55.2 Å². The van der Waals surface area contributed by atoms with E-state index >= 15 is 0 Å². The van der Waals surface area contributed by atoms with Crippen LogP contribution in [0, 0.1) is 0 Å². The molecule has 0 bridgehead atoms. The Labute approximate surface area is 123 Å². The van der Waals surface area contributed by atoms with E-state index in [0.29, 0.717) is 13.0 Å². The lowest BCUT2D eigenvalue weighted by Gasteiger charge is -2.20. The Balaban J connectivity index is 2.90. The van der Waals surface area contributed by atoms with Gasteiger partial charge in [-0.25, -0.2) is 13.2 Å². The molecule has 0 atom stereocenters. The molecule has 1 aromatic carbocycles. The van der Waals surface area contributed by atoms with Gasteiger partial charge in [0.2, 0.25) is 10.0 Å². The highest BCUT2D eigenvalue weighted by molar-refractivity contribution is 7.89. The van der Waals surface area contributed by atoms with Gasteiger partial charge in [-0.1, -0.05) is 6.92 Å². The lowest BCUT2D eigenvalue weighted by molar-refractivity contribution is -0.139. The van der Waals surface area contributed by atoms with Crippen LogP contribution in [0.1, 0.15) is 13.3 Å². The first-order chi connectivity index (χ1) is 9.91. The highest BCUT2D eigenvalue weighted by Crippen LogP contribution is 2.19. The lowest BCUT2D eigenvalue weighted by atomic mass is 10.3. The van der Waals surface area contributed by atoms with Gasteiger partial charge in [0.1, 0.15) is 5.75 Å². The molecule has 8 heteroatoms. The number of ether oxygens (including phenoxy) is 1. The number of carboxylic acid groups (broad SMARTS) is 1. The summed E-state index contributed by atoms with van der Waals surface area (Å²) < 4.78 is 30.9. The van der Waals surface area contributed by atoms with E-state index in [1.165, 1.54) is 28.6 Å². The summed E-state index contributed by atoms with van der Waals surface area (Å²) in [5.74, 6) is -0.829. The molecule has 0 spiro atoms. The number of rotatable bonds is 9. The zero-order valence-electron chi connectivity index (χ0n) is 11.7. The molecule has 0 amide bonds. The van der Waals surface area contributed by atoms with Gasteiger partial charge in [-0.3, -0.25) is 0 Å². The zero-order valence-corrected chi connectivity index (χ0v) is 12.5. The first-order valence-electron chi connectivity index (χ1n) is 6.47. The maximum atomic E-state index is 12.4. The Kier molecular flexibility index (Phi) is 6.60. The van der Waals surface area contributed by atoms with Crippen molar-refractivity contribution in [1.29, 1.82) is 0 Å². The number of aliphatic hydroxyl groups is 1. The van der Waals surface area contributed by atoms with Crippen molar-refractivity contribution in [2.24, 2.45) is 0 Å². The van der Waals surface area contributed by atoms with Crippen LogP contribution in [-0.2, 0) is 14.8 Å². The summed E-state index contributed by atoms with van der Waals surface area (Å²) in [5, 5.41) is 17.5. The van der Waals surface area contributed by atoms with Crippen LogP contribution in [0.5, 0.6) is 5.75 Å². The average Bonchev–Trinajstić information content (AvgIpc) is 2.45. The summed E-state index contributed by atoms with van der Waals surface area (Å²) in [7, 11) is -3.67. The van der Waals surface area contributed by atoms with Crippen molar-refractivity contribution in [2.45, 2.75) is 18.2 Å². The van der Waals surface area contributed by atoms with Gasteiger partial charge in [-0.2, -0.15) is 4.31 Å². The van der Waals surface area contributed by atoms with Gasteiger partial charge >= 0.3 is 5.97 Å². The van der Waals surface area contributed by atoms with E-state index in [-0.39, 0.29) is 23.8 Å². The van der Waals surface area contributed by atoms with E-state index in [9.17, 15) is 13.2 Å². The van der Waals surface area contributed by atoms with Gasteiger partial charge < -0.3 is 14.9 Å².